The lowest BCUT2D eigenvalue weighted by molar-refractivity contribution is -0.119. The molecule has 0 atom stereocenters. The maximum Gasteiger partial charge on any atom is 0.255 e. The van der Waals surface area contributed by atoms with Gasteiger partial charge in [-0.2, -0.15) is 0 Å². The van der Waals surface area contributed by atoms with Crippen LogP contribution in [0.25, 0.3) is 0 Å². The van der Waals surface area contributed by atoms with Crippen molar-refractivity contribution in [3.8, 4) is 5.75 Å². The molecule has 0 bridgehead atoms. The molecule has 2 rings (SSSR count). The van der Waals surface area contributed by atoms with Crippen LogP contribution in [0.2, 0.25) is 0 Å². The predicted octanol–water partition coefficient (Wildman–Crippen LogP) is 2.91. The van der Waals surface area contributed by atoms with Gasteiger partial charge in [0.05, 0.1) is 6.54 Å². The second kappa shape index (κ2) is 13.0. The van der Waals surface area contributed by atoms with E-state index in [0.29, 0.717) is 30.4 Å². The Morgan fingerprint density at radius 1 is 1.14 bits per heavy atom. The normalized spacial score (nSPS) is 10.8. The summed E-state index contributed by atoms with van der Waals surface area (Å²) >= 11 is 0. The minimum Gasteiger partial charge on any atom is -0.484 e. The minimum absolute atomic E-state index is 0. The van der Waals surface area contributed by atoms with Gasteiger partial charge in [-0.25, -0.2) is 9.38 Å². The summed E-state index contributed by atoms with van der Waals surface area (Å²) in [7, 11) is 0. The Balaban J connectivity index is 0.00000420. The Kier molecular flexibility index (Phi) is 11.0. The number of carbonyl (C=O) groups is 1. The van der Waals surface area contributed by atoms with Crippen molar-refractivity contribution in [2.45, 2.75) is 26.8 Å². The number of carbonyl (C=O) groups excluding carboxylic acids is 1. The molecule has 0 aromatic heterocycles. The molecular weight excluding hydrogens is 486 g/mol. The molecule has 0 aliphatic rings. The molecule has 29 heavy (non-hydrogen) atoms. The number of amides is 1. The highest BCUT2D eigenvalue weighted by Gasteiger charge is 2.02. The minimum atomic E-state index is -0.503. The molecule has 0 aliphatic carbocycles. The van der Waals surface area contributed by atoms with Crippen molar-refractivity contribution in [1.82, 2.24) is 10.6 Å². The van der Waals surface area contributed by atoms with E-state index >= 15 is 0 Å². The highest BCUT2D eigenvalue weighted by molar-refractivity contribution is 14.0. The van der Waals surface area contributed by atoms with Crippen molar-refractivity contribution in [3.63, 3.8) is 0 Å². The van der Waals surface area contributed by atoms with Gasteiger partial charge in [-0.05, 0) is 55.2 Å². The SMILES string of the molecule is CCNC(=NCc1ccc(C)c(F)c1)NCCc1ccc(OCC(N)=O)cc1.I. The van der Waals surface area contributed by atoms with Gasteiger partial charge >= 0.3 is 0 Å². The molecule has 0 saturated carbocycles. The summed E-state index contributed by atoms with van der Waals surface area (Å²) in [4.78, 5) is 15.2. The smallest absolute Gasteiger partial charge is 0.255 e. The summed E-state index contributed by atoms with van der Waals surface area (Å²) in [5, 5.41) is 6.46. The van der Waals surface area contributed by atoms with Gasteiger partial charge in [-0.15, -0.1) is 24.0 Å². The van der Waals surface area contributed by atoms with Gasteiger partial charge in [-0.1, -0.05) is 24.3 Å². The number of guanidine groups is 1. The predicted molar refractivity (Wildman–Crippen MR) is 124 cm³/mol. The first-order chi connectivity index (χ1) is 13.5. The first-order valence-electron chi connectivity index (χ1n) is 9.25. The van der Waals surface area contributed by atoms with Crippen LogP contribution >= 0.6 is 24.0 Å². The van der Waals surface area contributed by atoms with E-state index in [2.05, 4.69) is 15.6 Å². The summed E-state index contributed by atoms with van der Waals surface area (Å²) in [5.41, 5.74) is 7.63. The molecule has 0 spiro atoms. The Morgan fingerprint density at radius 3 is 2.45 bits per heavy atom. The third kappa shape index (κ3) is 9.12. The van der Waals surface area contributed by atoms with Crippen molar-refractivity contribution < 1.29 is 13.9 Å². The topological polar surface area (TPSA) is 88.7 Å². The molecule has 0 unspecified atom stereocenters. The number of hydrogen-bond donors (Lipinski definition) is 3. The molecule has 0 saturated heterocycles. The fraction of sp³-hybridized carbons (Fsp3) is 0.333. The zero-order valence-corrected chi connectivity index (χ0v) is 19.0. The lowest BCUT2D eigenvalue weighted by Gasteiger charge is -2.12. The van der Waals surface area contributed by atoms with Gasteiger partial charge in [0.25, 0.3) is 5.91 Å². The van der Waals surface area contributed by atoms with Crippen LogP contribution in [0.3, 0.4) is 0 Å². The van der Waals surface area contributed by atoms with Crippen molar-refractivity contribution in [3.05, 3.63) is 65.0 Å². The van der Waals surface area contributed by atoms with Crippen LogP contribution in [-0.2, 0) is 17.8 Å². The van der Waals surface area contributed by atoms with Crippen molar-refractivity contribution >= 4 is 35.8 Å². The van der Waals surface area contributed by atoms with Crippen LogP contribution < -0.4 is 21.1 Å². The van der Waals surface area contributed by atoms with Crippen LogP contribution in [0.5, 0.6) is 5.75 Å². The zero-order valence-electron chi connectivity index (χ0n) is 16.7. The Bertz CT molecular complexity index is 813. The van der Waals surface area contributed by atoms with Gasteiger partial charge in [0.1, 0.15) is 11.6 Å². The second-order valence-electron chi connectivity index (χ2n) is 6.35. The molecule has 0 heterocycles. The van der Waals surface area contributed by atoms with Gasteiger partial charge in [-0.3, -0.25) is 4.79 Å². The number of halogens is 2. The maximum absolute atomic E-state index is 13.6. The standard InChI is InChI=1S/C21H27FN4O2.HI/c1-3-24-21(26-13-17-5-4-15(2)19(22)12-17)25-11-10-16-6-8-18(9-7-16)28-14-20(23)27;/h4-9,12H,3,10-11,13-14H2,1-2H3,(H2,23,27)(H2,24,25,26);1H. The molecule has 8 heteroatoms. The third-order valence-electron chi connectivity index (χ3n) is 4.01. The summed E-state index contributed by atoms with van der Waals surface area (Å²) in [6.45, 7) is 5.43. The number of hydrogen-bond acceptors (Lipinski definition) is 3. The van der Waals surface area contributed by atoms with Crippen molar-refractivity contribution in [2.75, 3.05) is 19.7 Å². The van der Waals surface area contributed by atoms with E-state index in [0.717, 1.165) is 24.1 Å². The molecule has 2 aromatic carbocycles. The number of primary amides is 1. The molecule has 4 N–H and O–H groups in total. The number of aliphatic imine (C=N–C) groups is 1. The van der Waals surface area contributed by atoms with E-state index in [4.69, 9.17) is 10.5 Å². The van der Waals surface area contributed by atoms with E-state index < -0.39 is 5.91 Å². The molecule has 0 aliphatic heterocycles. The lowest BCUT2D eigenvalue weighted by atomic mass is 10.1. The molecule has 0 radical (unpaired) electrons. The quantitative estimate of drug-likeness (QED) is 0.273. The Labute approximate surface area is 188 Å². The van der Waals surface area contributed by atoms with E-state index in [1.54, 1.807) is 13.0 Å². The summed E-state index contributed by atoms with van der Waals surface area (Å²) in [6.07, 6.45) is 0.791. The molecule has 0 fully saturated rings. The van der Waals surface area contributed by atoms with Crippen LogP contribution in [0.1, 0.15) is 23.6 Å². The molecule has 2 aromatic rings. The van der Waals surface area contributed by atoms with Gasteiger partial charge in [0, 0.05) is 13.1 Å². The van der Waals surface area contributed by atoms with Crippen LogP contribution in [0.4, 0.5) is 4.39 Å². The summed E-state index contributed by atoms with van der Waals surface area (Å²) in [5.74, 6) is 0.575. The number of nitrogens with two attached hydrogens (primary N) is 1. The molecule has 6 nitrogen and oxygen atoms in total. The first-order valence-corrected chi connectivity index (χ1v) is 9.25. The first kappa shape index (κ1) is 24.7. The van der Waals surface area contributed by atoms with Crippen LogP contribution in [-0.4, -0.2) is 31.6 Å². The highest BCUT2D eigenvalue weighted by Crippen LogP contribution is 2.12. The fourth-order valence-electron chi connectivity index (χ4n) is 2.48. The number of nitrogens with one attached hydrogen (secondary N) is 2. The Hall–Kier alpha value is -2.36. The van der Waals surface area contributed by atoms with E-state index in [9.17, 15) is 9.18 Å². The van der Waals surface area contributed by atoms with E-state index in [1.165, 1.54) is 6.07 Å². The fourth-order valence-corrected chi connectivity index (χ4v) is 2.48. The van der Waals surface area contributed by atoms with E-state index in [1.807, 2.05) is 37.3 Å². The average molecular weight is 514 g/mol. The molecule has 1 amide bonds. The van der Waals surface area contributed by atoms with Gasteiger partial charge < -0.3 is 21.1 Å². The zero-order chi connectivity index (χ0) is 20.4. The lowest BCUT2D eigenvalue weighted by Crippen LogP contribution is -2.38. The summed E-state index contributed by atoms with van der Waals surface area (Å²) < 4.78 is 18.9. The van der Waals surface area contributed by atoms with Crippen molar-refractivity contribution in [1.29, 1.82) is 0 Å². The summed E-state index contributed by atoms with van der Waals surface area (Å²) in [6, 6.07) is 12.7. The monoisotopic (exact) mass is 514 g/mol. The van der Waals surface area contributed by atoms with Crippen LogP contribution in [0, 0.1) is 12.7 Å². The van der Waals surface area contributed by atoms with Crippen LogP contribution in [0.15, 0.2) is 47.5 Å². The highest BCUT2D eigenvalue weighted by atomic mass is 127. The maximum atomic E-state index is 13.6. The average Bonchev–Trinajstić information content (AvgIpc) is 2.68. The number of ether oxygens (including phenoxy) is 1. The second-order valence-corrected chi connectivity index (χ2v) is 6.35. The Morgan fingerprint density at radius 2 is 1.83 bits per heavy atom. The number of aryl methyl sites for hydroxylation is 1. The number of benzene rings is 2. The van der Waals surface area contributed by atoms with Gasteiger partial charge in [0.15, 0.2) is 12.6 Å². The number of nitrogens with zero attached hydrogens (tertiary/aromatic N) is 1. The third-order valence-corrected chi connectivity index (χ3v) is 4.01. The molecule has 158 valence electrons. The largest absolute Gasteiger partial charge is 0.484 e. The van der Waals surface area contributed by atoms with E-state index in [-0.39, 0.29) is 36.4 Å². The molecular formula is C21H28FIN4O2. The van der Waals surface area contributed by atoms with Crippen molar-refractivity contribution in [2.24, 2.45) is 10.7 Å². The number of rotatable bonds is 9. The van der Waals surface area contributed by atoms with Gasteiger partial charge in [0.2, 0.25) is 0 Å².